The number of amides is 1. The van der Waals surface area contributed by atoms with Gasteiger partial charge in [0, 0.05) is 19.8 Å². The molecule has 2 N–H and O–H groups in total. The van der Waals surface area contributed by atoms with Crippen LogP contribution >= 0.6 is 0 Å². The zero-order chi connectivity index (χ0) is 20.5. The van der Waals surface area contributed by atoms with Crippen LogP contribution in [-0.4, -0.2) is 38.9 Å². The molecule has 1 aromatic carbocycles. The second kappa shape index (κ2) is 7.78. The fourth-order valence-electron chi connectivity index (χ4n) is 4.44. The maximum Gasteiger partial charge on any atom is 0.309 e. The molecule has 6 nitrogen and oxygen atoms in total. The Morgan fingerprint density at radius 2 is 1.86 bits per heavy atom. The van der Waals surface area contributed by atoms with E-state index in [1.54, 1.807) is 7.05 Å². The minimum absolute atomic E-state index is 0.0501. The number of hydrogen-bond donors (Lipinski definition) is 1. The quantitative estimate of drug-likeness (QED) is 0.367. The zero-order valence-electron chi connectivity index (χ0n) is 16.9. The largest absolute Gasteiger partial charge is 0.469 e. The summed E-state index contributed by atoms with van der Waals surface area (Å²) in [5.74, 6) is 0.434. The van der Waals surface area contributed by atoms with Crippen LogP contribution in [0.2, 0.25) is 0 Å². The summed E-state index contributed by atoms with van der Waals surface area (Å²) in [6.45, 7) is 3.73. The van der Waals surface area contributed by atoms with Gasteiger partial charge in [-0.1, -0.05) is 18.7 Å². The average Bonchev–Trinajstić information content (AvgIpc) is 3.44. The van der Waals surface area contributed by atoms with Crippen molar-refractivity contribution in [2.75, 3.05) is 26.1 Å². The van der Waals surface area contributed by atoms with Gasteiger partial charge in [-0.2, -0.15) is 0 Å². The number of nitrogens with zero attached hydrogens (tertiary/aromatic N) is 2. The third-order valence-electron chi connectivity index (χ3n) is 6.52. The monoisotopic (exact) mass is 383 g/mol. The van der Waals surface area contributed by atoms with E-state index in [-0.39, 0.29) is 34.6 Å². The Kier molecular flexibility index (Phi) is 5.59. The predicted octanol–water partition coefficient (Wildman–Crippen LogP) is 3.03. The Bertz CT molecular complexity index is 805. The van der Waals surface area contributed by atoms with E-state index in [1.165, 1.54) is 24.6 Å². The second-order valence-corrected chi connectivity index (χ2v) is 7.96. The van der Waals surface area contributed by atoms with Crippen molar-refractivity contribution in [1.29, 1.82) is 0 Å². The van der Waals surface area contributed by atoms with Crippen LogP contribution in [0.5, 0.6) is 0 Å². The van der Waals surface area contributed by atoms with Crippen molar-refractivity contribution in [3.63, 3.8) is 0 Å². The van der Waals surface area contributed by atoms with Crippen molar-refractivity contribution in [2.45, 2.75) is 38.0 Å². The summed E-state index contributed by atoms with van der Waals surface area (Å²) in [6.07, 6.45) is 5.30. The fraction of sp³-hybridized carbons (Fsp3) is 0.500. The van der Waals surface area contributed by atoms with Crippen molar-refractivity contribution in [1.82, 2.24) is 0 Å². The number of rotatable bonds is 5. The van der Waals surface area contributed by atoms with Gasteiger partial charge >= 0.3 is 5.97 Å². The van der Waals surface area contributed by atoms with Crippen molar-refractivity contribution in [2.24, 2.45) is 22.1 Å². The highest BCUT2D eigenvalue weighted by molar-refractivity contribution is 6.24. The minimum Gasteiger partial charge on any atom is -0.469 e. The van der Waals surface area contributed by atoms with Gasteiger partial charge in [-0.3, -0.25) is 14.6 Å². The summed E-state index contributed by atoms with van der Waals surface area (Å²) in [4.78, 5) is 29.6. The number of likely N-dealkylation sites (N-methyl/N-ethyl adjacent to an activating group) is 1. The molecule has 1 spiro atoms. The summed E-state index contributed by atoms with van der Waals surface area (Å²) in [6, 6.07) is 8.09. The van der Waals surface area contributed by atoms with Crippen LogP contribution in [0.4, 0.5) is 5.69 Å². The van der Waals surface area contributed by atoms with Gasteiger partial charge in [-0.25, -0.2) is 0 Å². The van der Waals surface area contributed by atoms with Crippen LogP contribution in [0.25, 0.3) is 0 Å². The number of ether oxygens (including phenoxy) is 1. The molecule has 150 valence electrons. The second-order valence-electron chi connectivity index (χ2n) is 7.96. The molecule has 3 rings (SSSR count). The number of anilines is 1. The molecule has 0 heterocycles. The van der Waals surface area contributed by atoms with E-state index < -0.39 is 0 Å². The van der Waals surface area contributed by atoms with Gasteiger partial charge in [0.1, 0.15) is 5.84 Å². The number of carbonyl (C=O) groups excluding carboxylic acids is 2. The van der Waals surface area contributed by atoms with Crippen molar-refractivity contribution in [3.05, 3.63) is 42.0 Å². The van der Waals surface area contributed by atoms with Crippen molar-refractivity contribution in [3.8, 4) is 0 Å². The lowest BCUT2D eigenvalue weighted by Gasteiger charge is -2.30. The molecular weight excluding hydrogens is 354 g/mol. The summed E-state index contributed by atoms with van der Waals surface area (Å²) >= 11 is 0. The SMILES string of the molecule is C=C(C(=O)N(C)c1ccc(C2CCC3(CC2)CC3C(=O)OC)cc1)C(N)=NC. The Labute approximate surface area is 166 Å². The highest BCUT2D eigenvalue weighted by atomic mass is 16.5. The summed E-state index contributed by atoms with van der Waals surface area (Å²) in [5.41, 5.74) is 8.15. The molecule has 0 bridgehead atoms. The van der Waals surface area contributed by atoms with E-state index >= 15 is 0 Å². The van der Waals surface area contributed by atoms with E-state index in [4.69, 9.17) is 10.5 Å². The first-order chi connectivity index (χ1) is 13.3. The number of aliphatic imine (C=N–C) groups is 1. The molecule has 2 aliphatic rings. The number of carbonyl (C=O) groups is 2. The van der Waals surface area contributed by atoms with Gasteiger partial charge in [0.25, 0.3) is 5.91 Å². The summed E-state index contributed by atoms with van der Waals surface area (Å²) in [5, 5.41) is 0. The number of amidine groups is 1. The lowest BCUT2D eigenvalue weighted by molar-refractivity contribution is -0.143. The Hall–Kier alpha value is -2.63. The molecule has 2 saturated carbocycles. The van der Waals surface area contributed by atoms with Gasteiger partial charge in [0.2, 0.25) is 0 Å². The molecule has 6 heteroatoms. The van der Waals surface area contributed by atoms with Gasteiger partial charge in [0.15, 0.2) is 0 Å². The van der Waals surface area contributed by atoms with Crippen LogP contribution in [-0.2, 0) is 14.3 Å². The Balaban J connectivity index is 1.60. The standard InChI is InChI=1S/C22H29N3O3/c1-14(19(23)24-2)20(26)25(3)17-7-5-15(6-8-17)16-9-11-22(12-10-16)13-18(22)21(27)28-4/h5-8,16,18H,1,9-13H2,2-4H3,(H2,23,24). The van der Waals surface area contributed by atoms with Crippen LogP contribution in [0, 0.1) is 11.3 Å². The molecule has 0 aliphatic heterocycles. The smallest absolute Gasteiger partial charge is 0.309 e. The number of esters is 1. The molecular formula is C22H29N3O3. The minimum atomic E-state index is -0.266. The lowest BCUT2D eigenvalue weighted by Crippen LogP contribution is -2.33. The zero-order valence-corrected chi connectivity index (χ0v) is 16.9. The maximum atomic E-state index is 12.4. The van der Waals surface area contributed by atoms with Crippen LogP contribution in [0.1, 0.15) is 43.6 Å². The summed E-state index contributed by atoms with van der Waals surface area (Å²) in [7, 11) is 4.71. The number of hydrogen-bond acceptors (Lipinski definition) is 4. The third kappa shape index (κ3) is 3.68. The molecule has 2 fully saturated rings. The molecule has 0 radical (unpaired) electrons. The Morgan fingerprint density at radius 1 is 1.25 bits per heavy atom. The Morgan fingerprint density at radius 3 is 2.39 bits per heavy atom. The van der Waals surface area contributed by atoms with E-state index in [2.05, 4.69) is 23.7 Å². The first kappa shape index (κ1) is 20.1. The molecule has 2 aliphatic carbocycles. The predicted molar refractivity (Wildman–Crippen MR) is 110 cm³/mol. The number of benzene rings is 1. The van der Waals surface area contributed by atoms with Gasteiger partial charge in [-0.15, -0.1) is 0 Å². The van der Waals surface area contributed by atoms with Crippen LogP contribution in [0.15, 0.2) is 41.4 Å². The third-order valence-corrected chi connectivity index (χ3v) is 6.52. The van der Waals surface area contributed by atoms with Crippen molar-refractivity contribution < 1.29 is 14.3 Å². The molecule has 1 atom stereocenters. The normalized spacial score (nSPS) is 26.6. The first-order valence-corrected chi connectivity index (χ1v) is 9.70. The summed E-state index contributed by atoms with van der Waals surface area (Å²) < 4.78 is 4.91. The van der Waals surface area contributed by atoms with Crippen molar-refractivity contribution >= 4 is 23.4 Å². The molecule has 1 unspecified atom stereocenters. The lowest BCUT2D eigenvalue weighted by atomic mass is 9.76. The van der Waals surface area contributed by atoms with E-state index in [0.29, 0.717) is 5.92 Å². The van der Waals surface area contributed by atoms with E-state index in [0.717, 1.165) is 37.8 Å². The fourth-order valence-corrected chi connectivity index (χ4v) is 4.44. The number of methoxy groups -OCH3 is 1. The van der Waals surface area contributed by atoms with E-state index in [9.17, 15) is 9.59 Å². The first-order valence-electron chi connectivity index (χ1n) is 9.70. The molecule has 0 aromatic heterocycles. The number of nitrogens with two attached hydrogens (primary N) is 1. The van der Waals surface area contributed by atoms with Gasteiger partial charge in [-0.05, 0) is 61.1 Å². The average molecular weight is 383 g/mol. The van der Waals surface area contributed by atoms with Crippen LogP contribution in [0.3, 0.4) is 0 Å². The highest BCUT2D eigenvalue weighted by Crippen LogP contribution is 2.63. The van der Waals surface area contributed by atoms with E-state index in [1.807, 2.05) is 12.1 Å². The van der Waals surface area contributed by atoms with Gasteiger partial charge in [0.05, 0.1) is 18.6 Å². The molecule has 1 amide bonds. The molecule has 0 saturated heterocycles. The van der Waals surface area contributed by atoms with Crippen LogP contribution < -0.4 is 10.6 Å². The molecule has 28 heavy (non-hydrogen) atoms. The van der Waals surface area contributed by atoms with Gasteiger partial charge < -0.3 is 15.4 Å². The molecule has 1 aromatic rings. The topological polar surface area (TPSA) is 85.0 Å². The maximum absolute atomic E-state index is 12.4. The highest BCUT2D eigenvalue weighted by Gasteiger charge is 2.59.